The standard InChI is InChI=1S/C13H10N4S3/c1-2-10(19-4-1)6-14-12-16-17-11(7-15-13(17)20-12)9-3-5-18-8-9/h1-5,7-8H,6H2,(H,14,16). The molecule has 1 N–H and O–H groups in total. The molecule has 0 fully saturated rings. The predicted octanol–water partition coefficient (Wildman–Crippen LogP) is 4.19. The number of thiophene rings is 2. The molecule has 0 bridgehead atoms. The number of nitrogens with one attached hydrogen (secondary N) is 1. The van der Waals surface area contributed by atoms with Crippen molar-refractivity contribution in [2.75, 3.05) is 5.32 Å². The Kier molecular flexibility index (Phi) is 3.02. The lowest BCUT2D eigenvalue weighted by atomic mass is 10.3. The van der Waals surface area contributed by atoms with E-state index in [0.29, 0.717) is 0 Å². The van der Waals surface area contributed by atoms with Crippen molar-refractivity contribution in [2.45, 2.75) is 6.54 Å². The fraction of sp³-hybridized carbons (Fsp3) is 0.0769. The molecule has 0 radical (unpaired) electrons. The van der Waals surface area contributed by atoms with Crippen LogP contribution in [0.1, 0.15) is 4.88 Å². The molecule has 0 aliphatic rings. The van der Waals surface area contributed by atoms with Gasteiger partial charge < -0.3 is 5.32 Å². The average molecular weight is 318 g/mol. The van der Waals surface area contributed by atoms with E-state index in [1.807, 2.05) is 10.7 Å². The molecule has 20 heavy (non-hydrogen) atoms. The van der Waals surface area contributed by atoms with Crippen molar-refractivity contribution in [2.24, 2.45) is 0 Å². The summed E-state index contributed by atoms with van der Waals surface area (Å²) in [6, 6.07) is 6.27. The quantitative estimate of drug-likeness (QED) is 0.613. The van der Waals surface area contributed by atoms with Gasteiger partial charge in [-0.2, -0.15) is 11.3 Å². The third-order valence-electron chi connectivity index (χ3n) is 2.90. The third-order valence-corrected chi connectivity index (χ3v) is 5.34. The van der Waals surface area contributed by atoms with E-state index in [1.54, 1.807) is 34.0 Å². The molecule has 4 nitrogen and oxygen atoms in total. The first-order chi connectivity index (χ1) is 9.90. The molecule has 4 aromatic heterocycles. The van der Waals surface area contributed by atoms with E-state index in [-0.39, 0.29) is 0 Å². The molecule has 0 aliphatic carbocycles. The Bertz CT molecular complexity index is 811. The van der Waals surface area contributed by atoms with Crippen molar-refractivity contribution < 1.29 is 0 Å². The number of hydrogen-bond donors (Lipinski definition) is 1. The first-order valence-corrected chi connectivity index (χ1v) is 8.67. The van der Waals surface area contributed by atoms with Crippen molar-refractivity contribution in [3.63, 3.8) is 0 Å². The highest BCUT2D eigenvalue weighted by molar-refractivity contribution is 7.20. The van der Waals surface area contributed by atoms with Crippen LogP contribution in [0.4, 0.5) is 5.13 Å². The van der Waals surface area contributed by atoms with Crippen LogP contribution in [-0.2, 0) is 6.54 Å². The van der Waals surface area contributed by atoms with Gasteiger partial charge in [-0.3, -0.25) is 0 Å². The van der Waals surface area contributed by atoms with Gasteiger partial charge in [0.2, 0.25) is 10.1 Å². The van der Waals surface area contributed by atoms with Crippen LogP contribution in [0.3, 0.4) is 0 Å². The van der Waals surface area contributed by atoms with Gasteiger partial charge >= 0.3 is 0 Å². The summed E-state index contributed by atoms with van der Waals surface area (Å²) in [4.78, 5) is 6.64. The largest absolute Gasteiger partial charge is 0.355 e. The summed E-state index contributed by atoms with van der Waals surface area (Å²) in [6.45, 7) is 0.808. The zero-order chi connectivity index (χ0) is 13.4. The van der Waals surface area contributed by atoms with E-state index >= 15 is 0 Å². The van der Waals surface area contributed by atoms with Crippen LogP contribution in [0.2, 0.25) is 0 Å². The number of fused-ring (bicyclic) bond motifs is 1. The summed E-state index contributed by atoms with van der Waals surface area (Å²) in [6.07, 6.45) is 1.88. The minimum Gasteiger partial charge on any atom is -0.355 e. The number of rotatable bonds is 4. The van der Waals surface area contributed by atoms with Crippen molar-refractivity contribution in [3.05, 3.63) is 45.4 Å². The molecule has 4 aromatic rings. The Labute approximate surface area is 127 Å². The summed E-state index contributed by atoms with van der Waals surface area (Å²) in [5, 5.41) is 15.1. The third kappa shape index (κ3) is 2.13. The van der Waals surface area contributed by atoms with Crippen molar-refractivity contribution in [3.8, 4) is 11.3 Å². The van der Waals surface area contributed by atoms with Gasteiger partial charge in [-0.15, -0.1) is 16.4 Å². The van der Waals surface area contributed by atoms with Crippen LogP contribution in [0.5, 0.6) is 0 Å². The zero-order valence-electron chi connectivity index (χ0n) is 10.3. The summed E-state index contributed by atoms with van der Waals surface area (Å²) in [5.41, 5.74) is 2.21. The molecule has 0 atom stereocenters. The molecule has 4 rings (SSSR count). The molecule has 0 amide bonds. The van der Waals surface area contributed by atoms with E-state index in [2.05, 4.69) is 49.7 Å². The van der Waals surface area contributed by atoms with Crippen LogP contribution >= 0.6 is 34.0 Å². The Hall–Kier alpha value is -1.70. The molecule has 0 unspecified atom stereocenters. The highest BCUT2D eigenvalue weighted by Gasteiger charge is 2.11. The Morgan fingerprint density at radius 1 is 1.25 bits per heavy atom. The van der Waals surface area contributed by atoms with Crippen LogP contribution in [0.25, 0.3) is 16.2 Å². The maximum Gasteiger partial charge on any atom is 0.214 e. The average Bonchev–Trinajstić information content (AvgIpc) is 3.20. The Balaban J connectivity index is 1.63. The van der Waals surface area contributed by atoms with Crippen molar-refractivity contribution >= 4 is 44.1 Å². The lowest BCUT2D eigenvalue weighted by Gasteiger charge is -1.98. The van der Waals surface area contributed by atoms with Gasteiger partial charge in [-0.1, -0.05) is 17.4 Å². The van der Waals surface area contributed by atoms with E-state index in [0.717, 1.165) is 27.9 Å². The fourth-order valence-electron chi connectivity index (χ4n) is 1.95. The Morgan fingerprint density at radius 2 is 2.25 bits per heavy atom. The normalized spacial score (nSPS) is 11.2. The molecular weight excluding hydrogens is 308 g/mol. The smallest absolute Gasteiger partial charge is 0.214 e. The van der Waals surface area contributed by atoms with Crippen LogP contribution in [0, 0.1) is 0 Å². The van der Waals surface area contributed by atoms with Gasteiger partial charge in [0.15, 0.2) is 0 Å². The second-order valence-corrected chi connectivity index (χ2v) is 6.96. The maximum atomic E-state index is 4.60. The van der Waals surface area contributed by atoms with E-state index in [9.17, 15) is 0 Å². The lowest BCUT2D eigenvalue weighted by molar-refractivity contribution is 0.971. The molecular formula is C13H10N4S3. The van der Waals surface area contributed by atoms with Crippen molar-refractivity contribution in [1.29, 1.82) is 0 Å². The number of nitrogens with zero attached hydrogens (tertiary/aromatic N) is 3. The molecule has 0 saturated heterocycles. The first kappa shape index (κ1) is 12.1. The topological polar surface area (TPSA) is 42.2 Å². The van der Waals surface area contributed by atoms with E-state index < -0.39 is 0 Å². The zero-order valence-corrected chi connectivity index (χ0v) is 12.8. The summed E-state index contributed by atoms with van der Waals surface area (Å²) in [5.74, 6) is 0. The molecule has 0 saturated carbocycles. The monoisotopic (exact) mass is 318 g/mol. The summed E-state index contributed by atoms with van der Waals surface area (Å²) >= 11 is 5.00. The fourth-order valence-corrected chi connectivity index (χ4v) is 4.01. The molecule has 0 aromatic carbocycles. The Morgan fingerprint density at radius 3 is 3.05 bits per heavy atom. The molecule has 100 valence electrons. The van der Waals surface area contributed by atoms with Gasteiger partial charge in [0.1, 0.15) is 0 Å². The van der Waals surface area contributed by atoms with Gasteiger partial charge in [-0.05, 0) is 22.9 Å². The van der Waals surface area contributed by atoms with Gasteiger partial charge in [0.25, 0.3) is 0 Å². The molecule has 4 heterocycles. The van der Waals surface area contributed by atoms with Crippen LogP contribution < -0.4 is 5.32 Å². The predicted molar refractivity (Wildman–Crippen MR) is 85.8 cm³/mol. The highest BCUT2D eigenvalue weighted by atomic mass is 32.1. The number of anilines is 1. The number of hydrogen-bond acceptors (Lipinski definition) is 6. The number of aromatic nitrogens is 3. The SMILES string of the molecule is c1csc(CNc2nn3c(-c4ccsc4)cnc3s2)c1. The minimum absolute atomic E-state index is 0.808. The molecule has 0 spiro atoms. The second kappa shape index (κ2) is 5.01. The number of imidazole rings is 1. The van der Waals surface area contributed by atoms with Crippen LogP contribution in [0.15, 0.2) is 40.5 Å². The van der Waals surface area contributed by atoms with Crippen molar-refractivity contribution in [1.82, 2.24) is 14.6 Å². The van der Waals surface area contributed by atoms with E-state index in [4.69, 9.17) is 0 Å². The lowest BCUT2D eigenvalue weighted by Crippen LogP contribution is -1.98. The minimum atomic E-state index is 0.808. The van der Waals surface area contributed by atoms with E-state index in [1.165, 1.54) is 4.88 Å². The first-order valence-electron chi connectivity index (χ1n) is 6.03. The van der Waals surface area contributed by atoms with Gasteiger partial charge in [0, 0.05) is 15.8 Å². The second-order valence-electron chi connectivity index (χ2n) is 4.19. The van der Waals surface area contributed by atoms with Gasteiger partial charge in [0.05, 0.1) is 18.4 Å². The summed E-state index contributed by atoms with van der Waals surface area (Å²) in [7, 11) is 0. The summed E-state index contributed by atoms with van der Waals surface area (Å²) < 4.78 is 1.91. The van der Waals surface area contributed by atoms with Gasteiger partial charge in [-0.25, -0.2) is 9.50 Å². The highest BCUT2D eigenvalue weighted by Crippen LogP contribution is 2.27. The molecule has 7 heteroatoms. The van der Waals surface area contributed by atoms with Crippen LogP contribution in [-0.4, -0.2) is 14.6 Å². The molecule has 0 aliphatic heterocycles. The maximum absolute atomic E-state index is 4.60.